The molecule has 3 aromatic heterocycles. The van der Waals surface area contributed by atoms with Crippen LogP contribution in [0.3, 0.4) is 0 Å². The minimum Gasteiger partial charge on any atom is -0.475 e. The number of anilines is 1. The number of aromatic nitrogens is 4. The van der Waals surface area contributed by atoms with Gasteiger partial charge >= 0.3 is 0 Å². The van der Waals surface area contributed by atoms with Gasteiger partial charge in [0.15, 0.2) is 0 Å². The van der Waals surface area contributed by atoms with Gasteiger partial charge < -0.3 is 19.0 Å². The molecule has 3 heterocycles. The number of hydrogen-bond donors (Lipinski definition) is 1. The van der Waals surface area contributed by atoms with Gasteiger partial charge in [0.25, 0.3) is 17.3 Å². The normalized spacial score (nSPS) is 10.8. The molecular formula is C15H14FN5O3. The molecular weight excluding hydrogens is 317 g/mol. The van der Waals surface area contributed by atoms with Gasteiger partial charge in [-0.25, -0.2) is 14.4 Å². The van der Waals surface area contributed by atoms with E-state index in [-0.39, 0.29) is 17.3 Å². The average molecular weight is 331 g/mol. The van der Waals surface area contributed by atoms with Crippen molar-refractivity contribution in [3.63, 3.8) is 0 Å². The standard InChI is InChI=1S/C15H14FN5O3/c1-3-24-14-12-17-4-5-21(12)8-11(19-14)13(22)18-10-6-9(16)7-20(2)15(10)23/h4-8H,3H2,1-2H3,(H,18,22). The second-order valence-corrected chi connectivity index (χ2v) is 4.96. The smallest absolute Gasteiger partial charge is 0.276 e. The molecule has 0 aromatic carbocycles. The quantitative estimate of drug-likeness (QED) is 0.776. The van der Waals surface area contributed by atoms with Crippen molar-refractivity contribution in [1.29, 1.82) is 0 Å². The number of carbonyl (C=O) groups is 1. The fraction of sp³-hybridized carbons (Fsp3) is 0.200. The van der Waals surface area contributed by atoms with Crippen LogP contribution in [0.25, 0.3) is 5.65 Å². The van der Waals surface area contributed by atoms with Crippen LogP contribution in [0, 0.1) is 5.82 Å². The van der Waals surface area contributed by atoms with Gasteiger partial charge in [0.2, 0.25) is 5.65 Å². The van der Waals surface area contributed by atoms with Crippen LogP contribution in [0.5, 0.6) is 5.88 Å². The van der Waals surface area contributed by atoms with E-state index in [1.807, 2.05) is 0 Å². The third-order valence-corrected chi connectivity index (χ3v) is 3.26. The Morgan fingerprint density at radius 3 is 2.96 bits per heavy atom. The zero-order chi connectivity index (χ0) is 17.3. The van der Waals surface area contributed by atoms with Crippen molar-refractivity contribution in [2.24, 2.45) is 7.05 Å². The van der Waals surface area contributed by atoms with Gasteiger partial charge in [-0.3, -0.25) is 9.59 Å². The lowest BCUT2D eigenvalue weighted by Crippen LogP contribution is -2.25. The van der Waals surface area contributed by atoms with Gasteiger partial charge in [-0.2, -0.15) is 0 Å². The molecule has 3 rings (SSSR count). The van der Waals surface area contributed by atoms with E-state index in [4.69, 9.17) is 4.74 Å². The highest BCUT2D eigenvalue weighted by molar-refractivity contribution is 6.02. The topological polar surface area (TPSA) is 90.5 Å². The zero-order valence-corrected chi connectivity index (χ0v) is 13.0. The fourth-order valence-electron chi connectivity index (χ4n) is 2.19. The number of pyridine rings is 1. The predicted octanol–water partition coefficient (Wildman–Crippen LogP) is 1.22. The molecule has 0 spiro atoms. The molecule has 1 amide bonds. The van der Waals surface area contributed by atoms with E-state index in [0.29, 0.717) is 12.3 Å². The molecule has 0 fully saturated rings. The summed E-state index contributed by atoms with van der Waals surface area (Å²) in [7, 11) is 1.39. The number of nitrogens with zero attached hydrogens (tertiary/aromatic N) is 4. The number of rotatable bonds is 4. The summed E-state index contributed by atoms with van der Waals surface area (Å²) in [6.07, 6.45) is 5.66. The number of carbonyl (C=O) groups excluding carboxylic acids is 1. The van der Waals surface area contributed by atoms with Crippen molar-refractivity contribution in [2.45, 2.75) is 6.92 Å². The number of fused-ring (bicyclic) bond motifs is 1. The van der Waals surface area contributed by atoms with E-state index in [9.17, 15) is 14.0 Å². The third kappa shape index (κ3) is 2.83. The molecule has 0 bridgehead atoms. The molecule has 9 heteroatoms. The Balaban J connectivity index is 1.99. The molecule has 0 unspecified atom stereocenters. The number of aryl methyl sites for hydroxylation is 1. The maximum atomic E-state index is 13.4. The highest BCUT2D eigenvalue weighted by atomic mass is 19.1. The maximum Gasteiger partial charge on any atom is 0.276 e. The van der Waals surface area contributed by atoms with Crippen molar-refractivity contribution in [2.75, 3.05) is 11.9 Å². The first-order chi connectivity index (χ1) is 11.5. The molecule has 3 aromatic rings. The molecule has 0 aliphatic carbocycles. The number of halogens is 1. The number of hydrogen-bond acceptors (Lipinski definition) is 5. The second-order valence-electron chi connectivity index (χ2n) is 4.96. The first-order valence-electron chi connectivity index (χ1n) is 7.13. The molecule has 1 N–H and O–H groups in total. The van der Waals surface area contributed by atoms with Gasteiger partial charge in [0, 0.05) is 37.9 Å². The van der Waals surface area contributed by atoms with Crippen molar-refractivity contribution in [3.05, 3.63) is 52.7 Å². The van der Waals surface area contributed by atoms with Crippen LogP contribution in [0.4, 0.5) is 10.1 Å². The van der Waals surface area contributed by atoms with Crippen LogP contribution in [-0.2, 0) is 7.05 Å². The Kier molecular flexibility index (Phi) is 3.98. The third-order valence-electron chi connectivity index (χ3n) is 3.26. The summed E-state index contributed by atoms with van der Waals surface area (Å²) in [5.74, 6) is -1.10. The van der Waals surface area contributed by atoms with Gasteiger partial charge in [0.05, 0.1) is 6.61 Å². The van der Waals surface area contributed by atoms with Crippen LogP contribution >= 0.6 is 0 Å². The SMILES string of the molecule is CCOc1nc(C(=O)Nc2cc(F)cn(C)c2=O)cn2ccnc12. The van der Waals surface area contributed by atoms with Crippen LogP contribution in [-0.4, -0.2) is 31.4 Å². The predicted molar refractivity (Wildman–Crippen MR) is 83.8 cm³/mol. The molecule has 0 saturated heterocycles. The molecule has 24 heavy (non-hydrogen) atoms. The molecule has 0 radical (unpaired) electrons. The number of nitrogens with one attached hydrogen (secondary N) is 1. The first-order valence-corrected chi connectivity index (χ1v) is 7.13. The van der Waals surface area contributed by atoms with E-state index in [0.717, 1.165) is 16.8 Å². The molecule has 124 valence electrons. The summed E-state index contributed by atoms with van der Waals surface area (Å²) < 4.78 is 21.4. The Hall–Kier alpha value is -3.23. The summed E-state index contributed by atoms with van der Waals surface area (Å²) >= 11 is 0. The monoisotopic (exact) mass is 331 g/mol. The Bertz CT molecular complexity index is 979. The summed E-state index contributed by atoms with van der Waals surface area (Å²) in [5, 5.41) is 2.37. The summed E-state index contributed by atoms with van der Waals surface area (Å²) in [5.41, 5.74) is -0.225. The number of imidazole rings is 1. The van der Waals surface area contributed by atoms with Crippen LogP contribution in [0.1, 0.15) is 17.4 Å². The van der Waals surface area contributed by atoms with Crippen LogP contribution < -0.4 is 15.6 Å². The second kappa shape index (κ2) is 6.11. The summed E-state index contributed by atoms with van der Waals surface area (Å²) in [4.78, 5) is 32.5. The maximum absolute atomic E-state index is 13.4. The van der Waals surface area contributed by atoms with E-state index in [1.165, 1.54) is 13.2 Å². The van der Waals surface area contributed by atoms with Crippen molar-refractivity contribution in [1.82, 2.24) is 18.9 Å². The average Bonchev–Trinajstić information content (AvgIpc) is 3.01. The summed E-state index contributed by atoms with van der Waals surface area (Å²) in [6, 6.07) is 0.958. The van der Waals surface area contributed by atoms with E-state index in [2.05, 4.69) is 15.3 Å². The van der Waals surface area contributed by atoms with Gasteiger partial charge in [-0.1, -0.05) is 0 Å². The lowest BCUT2D eigenvalue weighted by molar-refractivity contribution is 0.102. The lowest BCUT2D eigenvalue weighted by atomic mass is 10.3. The van der Waals surface area contributed by atoms with Gasteiger partial charge in [0.1, 0.15) is 17.2 Å². The lowest BCUT2D eigenvalue weighted by Gasteiger charge is -2.09. The minimum atomic E-state index is -0.658. The van der Waals surface area contributed by atoms with E-state index >= 15 is 0 Å². The minimum absolute atomic E-state index is 0.00950. The van der Waals surface area contributed by atoms with E-state index in [1.54, 1.807) is 23.7 Å². The zero-order valence-electron chi connectivity index (χ0n) is 13.0. The molecule has 0 atom stereocenters. The Morgan fingerprint density at radius 1 is 1.42 bits per heavy atom. The highest BCUT2D eigenvalue weighted by Crippen LogP contribution is 2.16. The fourth-order valence-corrected chi connectivity index (χ4v) is 2.19. The molecule has 8 nitrogen and oxygen atoms in total. The Morgan fingerprint density at radius 2 is 2.21 bits per heavy atom. The van der Waals surface area contributed by atoms with Gasteiger partial charge in [-0.15, -0.1) is 0 Å². The van der Waals surface area contributed by atoms with Crippen molar-refractivity contribution in [3.8, 4) is 5.88 Å². The molecule has 0 aliphatic rings. The Labute approximate surface area is 135 Å². The van der Waals surface area contributed by atoms with Crippen LogP contribution in [0.2, 0.25) is 0 Å². The van der Waals surface area contributed by atoms with Crippen LogP contribution in [0.15, 0.2) is 35.6 Å². The molecule has 0 aliphatic heterocycles. The number of ether oxygens (including phenoxy) is 1. The van der Waals surface area contributed by atoms with Gasteiger partial charge in [-0.05, 0) is 6.92 Å². The molecule has 0 saturated carbocycles. The first kappa shape index (κ1) is 15.7. The summed E-state index contributed by atoms with van der Waals surface area (Å²) in [6.45, 7) is 2.13. The van der Waals surface area contributed by atoms with E-state index < -0.39 is 17.3 Å². The highest BCUT2D eigenvalue weighted by Gasteiger charge is 2.16. The van der Waals surface area contributed by atoms with Crippen molar-refractivity contribution >= 4 is 17.2 Å². The van der Waals surface area contributed by atoms with Crippen molar-refractivity contribution < 1.29 is 13.9 Å². The largest absolute Gasteiger partial charge is 0.475 e. The number of amides is 1.